The number of aliphatic imine (C=N–C) groups is 1. The van der Waals surface area contributed by atoms with Crippen LogP contribution in [0.2, 0.25) is 0 Å². The zero-order valence-corrected chi connectivity index (χ0v) is 17.3. The monoisotopic (exact) mass is 473 g/mol. The van der Waals surface area contributed by atoms with Gasteiger partial charge in [0.2, 0.25) is 0 Å². The quantitative estimate of drug-likeness (QED) is 0.422. The average molecular weight is 473 g/mol. The second-order valence-corrected chi connectivity index (χ2v) is 6.14. The molecule has 1 N–H and O–H groups in total. The molecule has 2 heterocycles. The Morgan fingerprint density at radius 3 is 2.77 bits per heavy atom. The zero-order valence-electron chi connectivity index (χ0n) is 15.0. The Balaban J connectivity index is 0.00000243. The number of hydrogen-bond acceptors (Lipinski definition) is 3. The first kappa shape index (κ1) is 20.6. The van der Waals surface area contributed by atoms with Gasteiger partial charge in [0, 0.05) is 32.5 Å². The van der Waals surface area contributed by atoms with E-state index in [1.54, 1.807) is 25.4 Å². The highest BCUT2D eigenvalue weighted by Gasteiger charge is 2.28. The van der Waals surface area contributed by atoms with Crippen LogP contribution in [0.5, 0.6) is 0 Å². The summed E-state index contributed by atoms with van der Waals surface area (Å²) >= 11 is 0. The van der Waals surface area contributed by atoms with Gasteiger partial charge >= 0.3 is 0 Å². The molecule has 1 aromatic carbocycles. The number of benzene rings is 1. The third kappa shape index (κ3) is 5.41. The molecular weight excluding hydrogens is 448 g/mol. The van der Waals surface area contributed by atoms with Gasteiger partial charge in [-0.2, -0.15) is 5.10 Å². The predicted molar refractivity (Wildman–Crippen MR) is 110 cm³/mol. The first-order valence-corrected chi connectivity index (χ1v) is 8.49. The van der Waals surface area contributed by atoms with Gasteiger partial charge in [0.25, 0.3) is 0 Å². The average Bonchev–Trinajstić information content (AvgIpc) is 3.12. The summed E-state index contributed by atoms with van der Waals surface area (Å²) in [7, 11) is 1.78. The van der Waals surface area contributed by atoms with Crippen molar-refractivity contribution in [2.24, 2.45) is 4.99 Å². The molecule has 0 radical (unpaired) electrons. The van der Waals surface area contributed by atoms with Crippen LogP contribution in [0.4, 0.5) is 4.39 Å². The lowest BCUT2D eigenvalue weighted by molar-refractivity contribution is -0.0605. The molecule has 26 heavy (non-hydrogen) atoms. The highest BCUT2D eigenvalue weighted by Crippen LogP contribution is 2.25. The predicted octanol–water partition coefficient (Wildman–Crippen LogP) is 2.68. The van der Waals surface area contributed by atoms with E-state index in [4.69, 9.17) is 4.74 Å². The maximum absolute atomic E-state index is 13.2. The van der Waals surface area contributed by atoms with Gasteiger partial charge < -0.3 is 15.0 Å². The minimum Gasteiger partial charge on any atom is -0.367 e. The molecule has 1 aliphatic heterocycles. The molecule has 1 saturated heterocycles. The number of hydrogen-bond donors (Lipinski definition) is 1. The maximum Gasteiger partial charge on any atom is 0.193 e. The van der Waals surface area contributed by atoms with E-state index in [1.807, 2.05) is 23.9 Å². The lowest BCUT2D eigenvalue weighted by Crippen LogP contribution is -2.51. The first-order valence-electron chi connectivity index (χ1n) is 8.49. The molecule has 2 aromatic rings. The second kappa shape index (κ2) is 9.86. The minimum atomic E-state index is -0.236. The summed E-state index contributed by atoms with van der Waals surface area (Å²) in [6.07, 6.45) is 3.67. The van der Waals surface area contributed by atoms with Gasteiger partial charge in [-0.15, -0.1) is 24.0 Å². The number of nitrogens with zero attached hydrogens (tertiary/aromatic N) is 4. The van der Waals surface area contributed by atoms with Crippen molar-refractivity contribution < 1.29 is 9.13 Å². The number of halogens is 2. The fraction of sp³-hybridized carbons (Fsp3) is 0.444. The Bertz CT molecular complexity index is 692. The van der Waals surface area contributed by atoms with Crippen molar-refractivity contribution in [2.75, 3.05) is 26.7 Å². The summed E-state index contributed by atoms with van der Waals surface area (Å²) in [5, 5.41) is 7.57. The van der Waals surface area contributed by atoms with Crippen molar-refractivity contribution in [1.29, 1.82) is 0 Å². The molecule has 0 bridgehead atoms. The van der Waals surface area contributed by atoms with Crippen LogP contribution in [0, 0.1) is 5.82 Å². The van der Waals surface area contributed by atoms with E-state index in [-0.39, 0.29) is 42.0 Å². The van der Waals surface area contributed by atoms with Crippen LogP contribution in [0.25, 0.3) is 0 Å². The molecule has 1 fully saturated rings. The van der Waals surface area contributed by atoms with Crippen LogP contribution in [0.1, 0.15) is 18.6 Å². The van der Waals surface area contributed by atoms with Crippen molar-refractivity contribution in [2.45, 2.75) is 25.7 Å². The molecule has 3 rings (SSSR count). The lowest BCUT2D eigenvalue weighted by atomic mass is 10.1. The van der Waals surface area contributed by atoms with Crippen LogP contribution in [-0.4, -0.2) is 53.4 Å². The number of ether oxygens (including phenoxy) is 1. The normalized spacial score (nSPS) is 20.6. The van der Waals surface area contributed by atoms with Crippen LogP contribution >= 0.6 is 24.0 Å². The topological polar surface area (TPSA) is 54.7 Å². The third-order valence-corrected chi connectivity index (χ3v) is 4.20. The van der Waals surface area contributed by atoms with Gasteiger partial charge in [0.1, 0.15) is 11.9 Å². The third-order valence-electron chi connectivity index (χ3n) is 4.20. The van der Waals surface area contributed by atoms with Crippen LogP contribution in [0.15, 0.2) is 47.7 Å². The first-order chi connectivity index (χ1) is 12.2. The van der Waals surface area contributed by atoms with E-state index in [2.05, 4.69) is 20.3 Å². The Labute approximate surface area is 170 Å². The van der Waals surface area contributed by atoms with Crippen LogP contribution < -0.4 is 5.32 Å². The molecule has 1 aliphatic rings. The lowest BCUT2D eigenvalue weighted by Gasteiger charge is -2.38. The van der Waals surface area contributed by atoms with Crippen molar-refractivity contribution in [1.82, 2.24) is 20.0 Å². The van der Waals surface area contributed by atoms with E-state index >= 15 is 0 Å². The zero-order chi connectivity index (χ0) is 17.6. The molecule has 2 unspecified atom stereocenters. The fourth-order valence-corrected chi connectivity index (χ4v) is 3.03. The van der Waals surface area contributed by atoms with Gasteiger partial charge in [-0.25, -0.2) is 4.39 Å². The molecule has 142 valence electrons. The number of guanidine groups is 1. The number of aromatic nitrogens is 2. The second-order valence-electron chi connectivity index (χ2n) is 6.14. The summed E-state index contributed by atoms with van der Waals surface area (Å²) < 4.78 is 21.1. The van der Waals surface area contributed by atoms with E-state index in [9.17, 15) is 4.39 Å². The largest absolute Gasteiger partial charge is 0.367 e. The number of rotatable bonds is 4. The van der Waals surface area contributed by atoms with Crippen molar-refractivity contribution in [3.63, 3.8) is 0 Å². The van der Waals surface area contributed by atoms with Crippen LogP contribution in [-0.2, 0) is 11.3 Å². The molecular formula is C18H25FIN5O. The van der Waals surface area contributed by atoms with E-state index in [1.165, 1.54) is 12.1 Å². The minimum absolute atomic E-state index is 0. The Kier molecular flexibility index (Phi) is 7.83. The SMILES string of the molecule is CN=C(NCCn1cccn1)N1CC(C)OC(c2ccc(F)cc2)C1.I. The van der Waals surface area contributed by atoms with Gasteiger partial charge in [-0.3, -0.25) is 9.67 Å². The molecule has 8 heteroatoms. The van der Waals surface area contributed by atoms with E-state index < -0.39 is 0 Å². The molecule has 1 aromatic heterocycles. The molecule has 0 spiro atoms. The van der Waals surface area contributed by atoms with Crippen molar-refractivity contribution in [3.8, 4) is 0 Å². The molecule has 6 nitrogen and oxygen atoms in total. The van der Waals surface area contributed by atoms with Crippen LogP contribution in [0.3, 0.4) is 0 Å². The highest BCUT2D eigenvalue weighted by molar-refractivity contribution is 14.0. The van der Waals surface area contributed by atoms with E-state index in [0.717, 1.165) is 31.2 Å². The Hall–Kier alpha value is -1.68. The summed E-state index contributed by atoms with van der Waals surface area (Å²) in [6, 6.07) is 8.42. The summed E-state index contributed by atoms with van der Waals surface area (Å²) in [6.45, 7) is 4.99. The smallest absolute Gasteiger partial charge is 0.193 e. The summed E-state index contributed by atoms with van der Waals surface area (Å²) in [4.78, 5) is 6.58. The Morgan fingerprint density at radius 2 is 2.12 bits per heavy atom. The highest BCUT2D eigenvalue weighted by atomic mass is 127. The van der Waals surface area contributed by atoms with Gasteiger partial charge in [-0.1, -0.05) is 12.1 Å². The number of nitrogens with one attached hydrogen (secondary N) is 1. The summed E-state index contributed by atoms with van der Waals surface area (Å²) in [5.41, 5.74) is 0.977. The van der Waals surface area contributed by atoms with Crippen molar-refractivity contribution >= 4 is 29.9 Å². The van der Waals surface area contributed by atoms with Gasteiger partial charge in [0.15, 0.2) is 5.96 Å². The molecule has 2 atom stereocenters. The summed E-state index contributed by atoms with van der Waals surface area (Å²) in [5.74, 6) is 0.606. The number of morpholine rings is 1. The molecule has 0 saturated carbocycles. The Morgan fingerprint density at radius 1 is 1.35 bits per heavy atom. The van der Waals surface area contributed by atoms with Gasteiger partial charge in [-0.05, 0) is 30.7 Å². The van der Waals surface area contributed by atoms with Crippen molar-refractivity contribution in [3.05, 3.63) is 54.1 Å². The fourth-order valence-electron chi connectivity index (χ4n) is 3.03. The molecule has 0 amide bonds. The standard InChI is InChI=1S/C18H24FN5O.HI/c1-14-12-23(13-17(25-14)15-4-6-16(19)7-5-15)18(20-2)21-9-11-24-10-3-8-22-24;/h3-8,10,14,17H,9,11-13H2,1-2H3,(H,20,21);1H. The maximum atomic E-state index is 13.2. The van der Waals surface area contributed by atoms with Gasteiger partial charge in [0.05, 0.1) is 19.2 Å². The molecule has 0 aliphatic carbocycles. The van der Waals surface area contributed by atoms with E-state index in [0.29, 0.717) is 6.54 Å².